The SMILES string of the molecule is CC(C)C[C@H](NC(=O)O)[C@@]1(Cc2nccc3c2CCC(OCC2CCCCC2)C3)OC(C)(C)OC1=O. The lowest BCUT2D eigenvalue weighted by atomic mass is 9.80. The number of hydrogen-bond donors (Lipinski definition) is 2. The van der Waals surface area contributed by atoms with Gasteiger partial charge in [-0.25, -0.2) is 9.59 Å². The quantitative estimate of drug-likeness (QED) is 0.467. The van der Waals surface area contributed by atoms with E-state index in [1.54, 1.807) is 20.0 Å². The van der Waals surface area contributed by atoms with Crippen LogP contribution in [0.25, 0.3) is 0 Å². The van der Waals surface area contributed by atoms with Crippen molar-refractivity contribution in [2.45, 2.75) is 115 Å². The number of esters is 1. The van der Waals surface area contributed by atoms with Crippen molar-refractivity contribution in [3.63, 3.8) is 0 Å². The maximum atomic E-state index is 13.3. The van der Waals surface area contributed by atoms with Gasteiger partial charge in [0.1, 0.15) is 0 Å². The first kappa shape index (κ1) is 26.9. The molecule has 2 heterocycles. The summed E-state index contributed by atoms with van der Waals surface area (Å²) in [5, 5.41) is 12.1. The molecule has 2 N–H and O–H groups in total. The minimum atomic E-state index is -1.48. The highest BCUT2D eigenvalue weighted by molar-refractivity contribution is 5.84. The molecule has 3 atom stereocenters. The number of hydrogen-bond acceptors (Lipinski definition) is 6. The Labute approximate surface area is 214 Å². The van der Waals surface area contributed by atoms with Gasteiger partial charge in [0.2, 0.25) is 5.79 Å². The van der Waals surface area contributed by atoms with E-state index in [9.17, 15) is 14.7 Å². The summed E-state index contributed by atoms with van der Waals surface area (Å²) in [7, 11) is 0. The van der Waals surface area contributed by atoms with Gasteiger partial charge in [0.05, 0.1) is 12.1 Å². The fourth-order valence-corrected chi connectivity index (χ4v) is 6.14. The molecular weight excluding hydrogens is 460 g/mol. The number of aromatic nitrogens is 1. The summed E-state index contributed by atoms with van der Waals surface area (Å²) in [6.07, 6.45) is 10.4. The fraction of sp³-hybridized carbons (Fsp3) is 0.750. The Hall–Kier alpha value is -2.19. The summed E-state index contributed by atoms with van der Waals surface area (Å²) in [4.78, 5) is 29.7. The average Bonchev–Trinajstić information content (AvgIpc) is 3.05. The molecule has 36 heavy (non-hydrogen) atoms. The number of pyridine rings is 1. The Morgan fingerprint density at radius 3 is 2.64 bits per heavy atom. The van der Waals surface area contributed by atoms with Crippen LogP contribution in [0.15, 0.2) is 12.3 Å². The van der Waals surface area contributed by atoms with E-state index in [4.69, 9.17) is 14.2 Å². The molecule has 3 aliphatic rings. The van der Waals surface area contributed by atoms with Gasteiger partial charge in [-0.1, -0.05) is 33.1 Å². The van der Waals surface area contributed by atoms with Crippen LogP contribution >= 0.6 is 0 Å². The average molecular weight is 503 g/mol. The predicted molar refractivity (Wildman–Crippen MR) is 135 cm³/mol. The van der Waals surface area contributed by atoms with Gasteiger partial charge in [-0.15, -0.1) is 0 Å². The predicted octanol–water partition coefficient (Wildman–Crippen LogP) is 4.81. The van der Waals surface area contributed by atoms with Crippen LogP contribution in [0.2, 0.25) is 0 Å². The van der Waals surface area contributed by atoms with Gasteiger partial charge >= 0.3 is 12.1 Å². The normalized spacial score (nSPS) is 26.9. The third-order valence-corrected chi connectivity index (χ3v) is 7.81. The van der Waals surface area contributed by atoms with Crippen LogP contribution in [-0.2, 0) is 38.3 Å². The molecule has 0 aromatic carbocycles. The molecule has 2 aliphatic carbocycles. The molecule has 1 saturated carbocycles. The minimum Gasteiger partial charge on any atom is -0.465 e. The molecule has 1 unspecified atom stereocenters. The summed E-state index contributed by atoms with van der Waals surface area (Å²) in [5.74, 6) is -0.879. The third-order valence-electron chi connectivity index (χ3n) is 7.81. The van der Waals surface area contributed by atoms with Crippen LogP contribution in [0.3, 0.4) is 0 Å². The second kappa shape index (κ2) is 11.1. The van der Waals surface area contributed by atoms with Gasteiger partial charge in [0.15, 0.2) is 5.60 Å². The van der Waals surface area contributed by atoms with Crippen molar-refractivity contribution >= 4 is 12.1 Å². The highest BCUT2D eigenvalue weighted by Gasteiger charge is 2.59. The summed E-state index contributed by atoms with van der Waals surface area (Å²) >= 11 is 0. The molecule has 4 rings (SSSR count). The van der Waals surface area contributed by atoms with Crippen molar-refractivity contribution in [2.24, 2.45) is 11.8 Å². The molecule has 0 bridgehead atoms. The first-order valence-electron chi connectivity index (χ1n) is 13.6. The van der Waals surface area contributed by atoms with E-state index < -0.39 is 29.5 Å². The smallest absolute Gasteiger partial charge is 0.404 e. The number of amides is 1. The molecule has 8 nitrogen and oxygen atoms in total. The van der Waals surface area contributed by atoms with Crippen molar-refractivity contribution in [3.05, 3.63) is 29.1 Å². The number of fused-ring (bicyclic) bond motifs is 1. The maximum absolute atomic E-state index is 13.3. The van der Waals surface area contributed by atoms with Crippen LogP contribution in [-0.4, -0.2) is 52.3 Å². The number of ether oxygens (including phenoxy) is 3. The van der Waals surface area contributed by atoms with Crippen molar-refractivity contribution in [3.8, 4) is 0 Å². The standard InChI is InChI=1S/C28H42N2O6/c1-18(2)14-24(30-26(32)33)28(25(31)35-27(3,4)36-28)16-23-22-11-10-21(15-20(22)12-13-29-23)34-17-19-8-6-5-7-9-19/h12-13,18-19,21,24,30H,5-11,14-17H2,1-4H3,(H,32,33)/t21?,24-,28+/m0/s1. The summed E-state index contributed by atoms with van der Waals surface area (Å²) in [6, 6.07) is 1.28. The number of carbonyl (C=O) groups excluding carboxylic acids is 1. The van der Waals surface area contributed by atoms with Gasteiger partial charge in [0.25, 0.3) is 0 Å². The van der Waals surface area contributed by atoms with Gasteiger partial charge in [-0.3, -0.25) is 4.98 Å². The second-order valence-electron chi connectivity index (χ2n) is 11.7. The molecule has 1 saturated heterocycles. The lowest BCUT2D eigenvalue weighted by molar-refractivity contribution is -0.170. The van der Waals surface area contributed by atoms with Crippen LogP contribution in [0.4, 0.5) is 4.79 Å². The first-order chi connectivity index (χ1) is 17.1. The number of carboxylic acid groups (broad SMARTS) is 1. The van der Waals surface area contributed by atoms with Crippen molar-refractivity contribution in [1.82, 2.24) is 10.3 Å². The number of carbonyl (C=O) groups is 2. The highest BCUT2D eigenvalue weighted by atomic mass is 16.8. The molecule has 0 radical (unpaired) electrons. The van der Waals surface area contributed by atoms with E-state index in [1.807, 2.05) is 19.9 Å². The zero-order chi connectivity index (χ0) is 25.9. The molecular formula is C28H42N2O6. The molecule has 1 aromatic heterocycles. The topological polar surface area (TPSA) is 107 Å². The molecule has 2 fully saturated rings. The van der Waals surface area contributed by atoms with Gasteiger partial charge in [-0.05, 0) is 67.6 Å². The van der Waals surface area contributed by atoms with Crippen LogP contribution in [0.5, 0.6) is 0 Å². The molecule has 200 valence electrons. The third kappa shape index (κ3) is 6.20. The Morgan fingerprint density at radius 1 is 1.25 bits per heavy atom. The van der Waals surface area contributed by atoms with E-state index in [-0.39, 0.29) is 18.4 Å². The van der Waals surface area contributed by atoms with E-state index in [0.717, 1.165) is 37.1 Å². The monoisotopic (exact) mass is 502 g/mol. The van der Waals surface area contributed by atoms with E-state index in [0.29, 0.717) is 12.3 Å². The van der Waals surface area contributed by atoms with Crippen molar-refractivity contribution in [1.29, 1.82) is 0 Å². The molecule has 1 aliphatic heterocycles. The maximum Gasteiger partial charge on any atom is 0.404 e. The molecule has 0 spiro atoms. The number of nitrogens with one attached hydrogen (secondary N) is 1. The van der Waals surface area contributed by atoms with Crippen LogP contribution in [0, 0.1) is 11.8 Å². The number of rotatable bonds is 9. The second-order valence-corrected chi connectivity index (χ2v) is 11.7. The Morgan fingerprint density at radius 2 is 2.00 bits per heavy atom. The van der Waals surface area contributed by atoms with Gasteiger partial charge in [0, 0.05) is 38.8 Å². The van der Waals surface area contributed by atoms with Crippen molar-refractivity contribution in [2.75, 3.05) is 6.61 Å². The Kier molecular flexibility index (Phi) is 8.25. The first-order valence-corrected chi connectivity index (χ1v) is 13.6. The highest BCUT2D eigenvalue weighted by Crippen LogP contribution is 2.40. The van der Waals surface area contributed by atoms with Crippen molar-refractivity contribution < 1.29 is 28.9 Å². The lowest BCUT2D eigenvalue weighted by Crippen LogP contribution is -2.58. The zero-order valence-corrected chi connectivity index (χ0v) is 22.2. The summed E-state index contributed by atoms with van der Waals surface area (Å²) in [5.41, 5.74) is 1.60. The van der Waals surface area contributed by atoms with Crippen LogP contribution in [0.1, 0.15) is 89.5 Å². The summed E-state index contributed by atoms with van der Waals surface area (Å²) < 4.78 is 18.2. The largest absolute Gasteiger partial charge is 0.465 e. The summed E-state index contributed by atoms with van der Waals surface area (Å²) in [6.45, 7) is 8.19. The van der Waals surface area contributed by atoms with Gasteiger partial charge < -0.3 is 24.6 Å². The Balaban J connectivity index is 1.56. The number of nitrogens with zero attached hydrogens (tertiary/aromatic N) is 1. The zero-order valence-electron chi connectivity index (χ0n) is 22.2. The molecule has 8 heteroatoms. The number of cyclic esters (lactones) is 1. The fourth-order valence-electron chi connectivity index (χ4n) is 6.14. The van der Waals surface area contributed by atoms with Crippen LogP contribution < -0.4 is 5.32 Å². The minimum absolute atomic E-state index is 0.138. The molecule has 1 amide bonds. The van der Waals surface area contributed by atoms with E-state index >= 15 is 0 Å². The van der Waals surface area contributed by atoms with E-state index in [1.165, 1.54) is 37.7 Å². The lowest BCUT2D eigenvalue weighted by Gasteiger charge is -2.36. The van der Waals surface area contributed by atoms with Gasteiger partial charge in [-0.2, -0.15) is 0 Å². The molecule has 1 aromatic rings. The Bertz CT molecular complexity index is 942. The van der Waals surface area contributed by atoms with E-state index in [2.05, 4.69) is 10.3 Å².